The van der Waals surface area contributed by atoms with Gasteiger partial charge in [0.15, 0.2) is 5.82 Å². The Morgan fingerprint density at radius 3 is 2.78 bits per heavy atom. The van der Waals surface area contributed by atoms with E-state index in [2.05, 4.69) is 26.4 Å². The number of likely N-dealkylation sites (N-methyl/N-ethyl adjacent to an activating group) is 1. The van der Waals surface area contributed by atoms with Crippen molar-refractivity contribution in [2.45, 2.75) is 24.7 Å². The maximum absolute atomic E-state index is 16.6. The molecule has 0 N–H and O–H groups in total. The Hall–Kier alpha value is -4.47. The highest BCUT2D eigenvalue weighted by Gasteiger charge is 2.34. The Morgan fingerprint density at radius 2 is 2.04 bits per heavy atom. The second-order valence-electron chi connectivity index (χ2n) is 11.2. The van der Waals surface area contributed by atoms with Crippen molar-refractivity contribution < 1.29 is 22.7 Å². The molecule has 45 heavy (non-hydrogen) atoms. The molecule has 0 saturated carbocycles. The van der Waals surface area contributed by atoms with Crippen LogP contribution in [0.4, 0.5) is 19.0 Å². The highest BCUT2D eigenvalue weighted by Crippen LogP contribution is 2.40. The molecular formula is C32H29ClF3N7O2. The van der Waals surface area contributed by atoms with Crippen LogP contribution in [0.25, 0.3) is 37.6 Å². The van der Waals surface area contributed by atoms with Crippen molar-refractivity contribution in [3.8, 4) is 17.1 Å². The Bertz CT molecular complexity index is 1850. The number of rotatable bonds is 7. The topological polar surface area (TPSA) is 79.1 Å². The summed E-state index contributed by atoms with van der Waals surface area (Å²) >= 11 is 6.49. The average Bonchev–Trinajstić information content (AvgIpc) is 3.36. The molecule has 0 bridgehead atoms. The van der Waals surface area contributed by atoms with E-state index in [9.17, 15) is 9.18 Å². The Kier molecular flexibility index (Phi) is 8.48. The number of fused-ring (bicyclic) bond motifs is 2. The lowest BCUT2D eigenvalue weighted by atomic mass is 9.98. The first kappa shape index (κ1) is 30.6. The standard InChI is InChI=1S/C32H29ClF3N7O2/c1-4-26(44)43-9-8-42(16-21(43)13-37-2)31-22-11-25(35)28(23-14-38-12-18-6-5-7-24(33)27(18)23)29(36)30(22)39-32(40-31)45-17-20-10-19(34)15-41(20)3/h4-7,11-12,14,19-21H,1,8-10,13,15-17H2,3H3/t19-,20+,21+/m1/s1. The number of carbonyl (C=O) groups is 1. The highest BCUT2D eigenvalue weighted by molar-refractivity contribution is 6.36. The number of piperazine rings is 1. The fourth-order valence-corrected chi connectivity index (χ4v) is 6.47. The van der Waals surface area contributed by atoms with Gasteiger partial charge < -0.3 is 19.4 Å². The maximum Gasteiger partial charge on any atom is 0.319 e. The molecule has 0 radical (unpaired) electrons. The first-order chi connectivity index (χ1) is 21.7. The zero-order chi connectivity index (χ0) is 31.8. The van der Waals surface area contributed by atoms with Crippen LogP contribution in [0.5, 0.6) is 6.01 Å². The zero-order valence-corrected chi connectivity index (χ0v) is 25.1. The minimum Gasteiger partial charge on any atom is -0.462 e. The number of nitrogens with zero attached hydrogens (tertiary/aromatic N) is 7. The monoisotopic (exact) mass is 635 g/mol. The lowest BCUT2D eigenvalue weighted by Gasteiger charge is -2.39. The maximum atomic E-state index is 16.6. The van der Waals surface area contributed by atoms with Crippen molar-refractivity contribution in [2.75, 3.05) is 51.3 Å². The van der Waals surface area contributed by atoms with Gasteiger partial charge in [-0.15, -0.1) is 0 Å². The van der Waals surface area contributed by atoms with E-state index in [0.717, 1.165) is 0 Å². The number of hydrogen-bond donors (Lipinski definition) is 0. The summed E-state index contributed by atoms with van der Waals surface area (Å²) in [5.41, 5.74) is -0.384. The summed E-state index contributed by atoms with van der Waals surface area (Å²) in [5, 5.41) is 1.44. The Labute approximate surface area is 262 Å². The van der Waals surface area contributed by atoms with E-state index in [-0.39, 0.29) is 91.6 Å². The number of anilines is 1. The van der Waals surface area contributed by atoms with Crippen molar-refractivity contribution in [2.24, 2.45) is 0 Å². The summed E-state index contributed by atoms with van der Waals surface area (Å²) in [4.78, 5) is 34.3. The van der Waals surface area contributed by atoms with E-state index in [1.54, 1.807) is 41.2 Å². The molecule has 9 nitrogen and oxygen atoms in total. The van der Waals surface area contributed by atoms with Crippen molar-refractivity contribution >= 4 is 45.0 Å². The van der Waals surface area contributed by atoms with Gasteiger partial charge in [0.2, 0.25) is 12.5 Å². The summed E-state index contributed by atoms with van der Waals surface area (Å²) in [6.07, 6.45) is 3.39. The lowest BCUT2D eigenvalue weighted by molar-refractivity contribution is -0.128. The molecule has 2 fully saturated rings. The molecular weight excluding hydrogens is 607 g/mol. The number of amides is 1. The number of benzene rings is 2. The quantitative estimate of drug-likeness (QED) is 0.201. The van der Waals surface area contributed by atoms with Crippen LogP contribution in [0, 0.1) is 18.2 Å². The normalized spacial score (nSPS) is 20.5. The van der Waals surface area contributed by atoms with Crippen LogP contribution in [0.1, 0.15) is 6.42 Å². The molecule has 2 aromatic heterocycles. The Morgan fingerprint density at radius 1 is 1.22 bits per heavy atom. The zero-order valence-electron chi connectivity index (χ0n) is 24.4. The molecule has 2 aromatic carbocycles. The molecule has 1 amide bonds. The SMILES string of the molecule is [C-]#[N+]C[C@H]1CN(c2nc(OC[C@@H]3C[C@@H](F)CN3C)nc3c(F)c(-c4cncc5cccc(Cl)c45)c(F)cc23)CCN1C(=O)C=C. The molecule has 4 aromatic rings. The van der Waals surface area contributed by atoms with Crippen molar-refractivity contribution in [3.63, 3.8) is 0 Å². The molecule has 0 spiro atoms. The van der Waals surface area contributed by atoms with E-state index in [4.69, 9.17) is 22.9 Å². The summed E-state index contributed by atoms with van der Waals surface area (Å²) in [6.45, 7) is 12.0. The van der Waals surface area contributed by atoms with Gasteiger partial charge in [0.05, 0.1) is 5.56 Å². The van der Waals surface area contributed by atoms with E-state index in [1.165, 1.54) is 18.3 Å². The molecule has 232 valence electrons. The minimum atomic E-state index is -0.991. The Balaban J connectivity index is 1.49. The fraction of sp³-hybridized carbons (Fsp3) is 0.344. The third-order valence-corrected chi connectivity index (χ3v) is 8.74. The van der Waals surface area contributed by atoms with Crippen molar-refractivity contribution in [1.29, 1.82) is 0 Å². The van der Waals surface area contributed by atoms with Crippen LogP contribution in [-0.4, -0.2) is 95.3 Å². The van der Waals surface area contributed by atoms with E-state index in [0.29, 0.717) is 15.8 Å². The molecule has 0 aliphatic carbocycles. The smallest absolute Gasteiger partial charge is 0.319 e. The first-order valence-corrected chi connectivity index (χ1v) is 14.8. The van der Waals surface area contributed by atoms with E-state index < -0.39 is 23.8 Å². The van der Waals surface area contributed by atoms with Crippen molar-refractivity contribution in [1.82, 2.24) is 24.8 Å². The van der Waals surface area contributed by atoms with Gasteiger partial charge in [0.25, 0.3) is 0 Å². The number of ether oxygens (including phenoxy) is 1. The second-order valence-corrected chi connectivity index (χ2v) is 11.6. The van der Waals surface area contributed by atoms with Crippen LogP contribution in [0.15, 0.2) is 49.3 Å². The summed E-state index contributed by atoms with van der Waals surface area (Å²) in [5.74, 6) is -1.94. The molecule has 2 aliphatic rings. The van der Waals surface area contributed by atoms with Crippen molar-refractivity contribution in [3.05, 3.63) is 77.4 Å². The number of likely N-dealkylation sites (tertiary alicyclic amines) is 1. The summed E-state index contributed by atoms with van der Waals surface area (Å²) in [7, 11) is 1.79. The second kappa shape index (κ2) is 12.5. The van der Waals surface area contributed by atoms with Gasteiger partial charge in [-0.25, -0.2) is 19.7 Å². The van der Waals surface area contributed by atoms with Gasteiger partial charge in [0.1, 0.15) is 36.0 Å². The predicted molar refractivity (Wildman–Crippen MR) is 166 cm³/mol. The largest absolute Gasteiger partial charge is 0.462 e. The molecule has 4 heterocycles. The third kappa shape index (κ3) is 5.74. The lowest BCUT2D eigenvalue weighted by Crippen LogP contribution is -2.56. The van der Waals surface area contributed by atoms with E-state index >= 15 is 8.78 Å². The third-order valence-electron chi connectivity index (χ3n) is 8.43. The molecule has 2 aliphatic heterocycles. The van der Waals surface area contributed by atoms with Gasteiger partial charge >= 0.3 is 6.01 Å². The van der Waals surface area contributed by atoms with Gasteiger partial charge in [-0.3, -0.25) is 14.7 Å². The van der Waals surface area contributed by atoms with E-state index in [1.807, 2.05) is 4.90 Å². The molecule has 6 rings (SSSR count). The summed E-state index contributed by atoms with van der Waals surface area (Å²) in [6, 6.07) is 5.37. The number of hydrogen-bond acceptors (Lipinski definition) is 7. The number of pyridine rings is 1. The molecule has 13 heteroatoms. The fourth-order valence-electron chi connectivity index (χ4n) is 6.19. The van der Waals surface area contributed by atoms with Gasteiger partial charge in [-0.2, -0.15) is 9.97 Å². The van der Waals surface area contributed by atoms with Crippen LogP contribution < -0.4 is 9.64 Å². The summed E-state index contributed by atoms with van der Waals surface area (Å²) < 4.78 is 52.7. The van der Waals surface area contributed by atoms with Crippen LogP contribution in [0.2, 0.25) is 5.02 Å². The van der Waals surface area contributed by atoms with Crippen LogP contribution in [0.3, 0.4) is 0 Å². The van der Waals surface area contributed by atoms with Crippen LogP contribution in [-0.2, 0) is 4.79 Å². The first-order valence-electron chi connectivity index (χ1n) is 14.4. The van der Waals surface area contributed by atoms with Gasteiger partial charge in [-0.1, -0.05) is 30.3 Å². The molecule has 0 unspecified atom stereocenters. The van der Waals surface area contributed by atoms with Gasteiger partial charge in [-0.05, 0) is 31.7 Å². The number of carbonyl (C=O) groups excluding carboxylic acids is 1. The minimum absolute atomic E-state index is 0.0164. The predicted octanol–water partition coefficient (Wildman–Crippen LogP) is 5.32. The van der Waals surface area contributed by atoms with Crippen LogP contribution >= 0.6 is 11.6 Å². The molecule has 3 atom stereocenters. The average molecular weight is 636 g/mol. The van der Waals surface area contributed by atoms with Gasteiger partial charge in [0, 0.05) is 71.4 Å². The molecule has 2 saturated heterocycles. The number of alkyl halides is 1. The number of halogens is 4. The highest BCUT2D eigenvalue weighted by atomic mass is 35.5. The number of aromatic nitrogens is 3.